The van der Waals surface area contributed by atoms with Crippen LogP contribution >= 0.6 is 19.4 Å². The predicted molar refractivity (Wildman–Crippen MR) is 124 cm³/mol. The molecule has 0 spiro atoms. The lowest BCUT2D eigenvalue weighted by Crippen LogP contribution is -2.20. The van der Waals surface area contributed by atoms with Crippen molar-refractivity contribution >= 4 is 36.0 Å². The zero-order valence-electron chi connectivity index (χ0n) is 17.7. The van der Waals surface area contributed by atoms with Gasteiger partial charge in [0, 0.05) is 22.0 Å². The Morgan fingerprint density at radius 1 is 0.733 bits per heavy atom. The Kier molecular flexibility index (Phi) is 6.45. The molecule has 3 rings (SSSR count). The number of halogens is 1. The first-order valence-corrected chi connectivity index (χ1v) is 11.5. The number of rotatable bonds is 5. The van der Waals surface area contributed by atoms with Crippen molar-refractivity contribution in [1.29, 1.82) is 0 Å². The average Bonchev–Trinajstić information content (AvgIpc) is 2.72. The molecule has 0 N–H and O–H groups in total. The van der Waals surface area contributed by atoms with Crippen LogP contribution in [0.2, 0.25) is 5.02 Å². The van der Waals surface area contributed by atoms with E-state index in [4.69, 9.17) is 11.6 Å². The van der Waals surface area contributed by atoms with E-state index in [-0.39, 0.29) is 16.4 Å². The molecule has 0 saturated carbocycles. The molecular formula is C25H24ClO3P. The van der Waals surface area contributed by atoms with E-state index in [9.17, 15) is 14.2 Å². The summed E-state index contributed by atoms with van der Waals surface area (Å²) in [4.78, 5) is 26.5. The summed E-state index contributed by atoms with van der Waals surface area (Å²) in [5.41, 5.74) is 4.68. The minimum atomic E-state index is -2.90. The molecule has 0 aromatic heterocycles. The number of benzene rings is 3. The van der Waals surface area contributed by atoms with Gasteiger partial charge in [-0.25, -0.2) is 0 Å². The second kappa shape index (κ2) is 8.71. The lowest BCUT2D eigenvalue weighted by molar-refractivity contribution is 0.103. The topological polar surface area (TPSA) is 51.2 Å². The van der Waals surface area contributed by atoms with Crippen LogP contribution in [0.4, 0.5) is 0 Å². The molecule has 1 unspecified atom stereocenters. The second-order valence-corrected chi connectivity index (χ2v) is 9.55. The van der Waals surface area contributed by atoms with Crippen molar-refractivity contribution in [3.63, 3.8) is 0 Å². The van der Waals surface area contributed by atoms with Crippen LogP contribution in [-0.4, -0.2) is 11.3 Å². The number of aryl methyl sites for hydroxylation is 1. The van der Waals surface area contributed by atoms with Gasteiger partial charge in [0.2, 0.25) is 5.52 Å². The molecule has 0 heterocycles. The van der Waals surface area contributed by atoms with E-state index in [0.717, 1.165) is 16.7 Å². The highest BCUT2D eigenvalue weighted by Gasteiger charge is 2.28. The number of carbonyl (C=O) groups is 2. The highest BCUT2D eigenvalue weighted by molar-refractivity contribution is 7.71. The van der Waals surface area contributed by atoms with Crippen molar-refractivity contribution in [3.05, 3.63) is 98.1 Å². The first-order valence-electron chi connectivity index (χ1n) is 9.71. The van der Waals surface area contributed by atoms with Crippen molar-refractivity contribution in [2.45, 2.75) is 34.6 Å². The molecule has 0 aliphatic heterocycles. The first kappa shape index (κ1) is 22.2. The minimum Gasteiger partial charge on any atom is -0.313 e. The average molecular weight is 439 g/mol. The summed E-state index contributed by atoms with van der Waals surface area (Å²) in [6.07, 6.45) is 0. The first-order chi connectivity index (χ1) is 14.2. The summed E-state index contributed by atoms with van der Waals surface area (Å²) >= 11 is 6.26. The molecule has 3 aromatic carbocycles. The van der Waals surface area contributed by atoms with Gasteiger partial charge in [-0.3, -0.25) is 9.59 Å². The number of ketones is 1. The Morgan fingerprint density at radius 2 is 1.37 bits per heavy atom. The third kappa shape index (κ3) is 3.80. The molecule has 1 atom stereocenters. The Bertz CT molecular complexity index is 1180. The molecule has 5 heteroatoms. The third-order valence-corrected chi connectivity index (χ3v) is 7.95. The SMILES string of the molecule is Cc1cccc(Cl)c1C(=O)[PH](=O)c1c(C)c(C)c(C)c(C(=O)c2ccccc2)c1C. The van der Waals surface area contributed by atoms with Gasteiger partial charge >= 0.3 is 0 Å². The van der Waals surface area contributed by atoms with E-state index < -0.39 is 13.3 Å². The quantitative estimate of drug-likeness (QED) is 0.355. The Hall–Kier alpha value is -2.48. The van der Waals surface area contributed by atoms with Gasteiger partial charge in [0.1, 0.15) is 0 Å². The predicted octanol–water partition coefficient (Wildman–Crippen LogP) is 6.14. The molecule has 0 fully saturated rings. The van der Waals surface area contributed by atoms with Crippen molar-refractivity contribution in [2.24, 2.45) is 0 Å². The highest BCUT2D eigenvalue weighted by atomic mass is 35.5. The van der Waals surface area contributed by atoms with Crippen molar-refractivity contribution in [1.82, 2.24) is 0 Å². The van der Waals surface area contributed by atoms with Crippen LogP contribution < -0.4 is 5.30 Å². The van der Waals surface area contributed by atoms with Crippen LogP contribution in [0, 0.1) is 34.6 Å². The fraction of sp³-hybridized carbons (Fsp3) is 0.200. The third-order valence-electron chi connectivity index (χ3n) is 5.77. The van der Waals surface area contributed by atoms with Crippen molar-refractivity contribution in [2.75, 3.05) is 0 Å². The maximum Gasteiger partial charge on any atom is 0.224 e. The lowest BCUT2D eigenvalue weighted by Gasteiger charge is -2.20. The Labute approximate surface area is 182 Å². The maximum atomic E-state index is 13.5. The summed E-state index contributed by atoms with van der Waals surface area (Å²) in [5, 5.41) is 0.754. The van der Waals surface area contributed by atoms with Gasteiger partial charge < -0.3 is 4.57 Å². The summed E-state index contributed by atoms with van der Waals surface area (Å²) in [6, 6.07) is 14.2. The second-order valence-electron chi connectivity index (χ2n) is 7.54. The largest absolute Gasteiger partial charge is 0.313 e. The molecule has 154 valence electrons. The van der Waals surface area contributed by atoms with Gasteiger partial charge in [-0.2, -0.15) is 0 Å². The van der Waals surface area contributed by atoms with Gasteiger partial charge in [-0.15, -0.1) is 0 Å². The van der Waals surface area contributed by atoms with E-state index in [1.54, 1.807) is 44.2 Å². The fourth-order valence-corrected chi connectivity index (χ4v) is 6.07. The number of carbonyl (C=O) groups excluding carboxylic acids is 2. The molecule has 3 nitrogen and oxygen atoms in total. The van der Waals surface area contributed by atoms with Gasteiger partial charge in [0.05, 0.1) is 5.02 Å². The molecule has 0 aliphatic carbocycles. The van der Waals surface area contributed by atoms with Crippen LogP contribution in [0.3, 0.4) is 0 Å². The Morgan fingerprint density at radius 3 is 1.97 bits per heavy atom. The van der Waals surface area contributed by atoms with Crippen LogP contribution in [0.25, 0.3) is 0 Å². The smallest absolute Gasteiger partial charge is 0.224 e. The van der Waals surface area contributed by atoms with Crippen LogP contribution in [-0.2, 0) is 4.57 Å². The van der Waals surface area contributed by atoms with Gasteiger partial charge in [0.25, 0.3) is 0 Å². The number of hydrogen-bond acceptors (Lipinski definition) is 3. The molecular weight excluding hydrogens is 415 g/mol. The van der Waals surface area contributed by atoms with Gasteiger partial charge in [0.15, 0.2) is 13.6 Å². The standard InChI is InChI=1S/C25H24ClO3P/c1-14-10-9-13-20(26)21(14)25(28)30(29)24-17(4)15(2)16(3)22(18(24)5)23(27)19-11-7-6-8-12-19/h6-13,30H,1-5H3. The molecule has 0 aliphatic rings. The summed E-state index contributed by atoms with van der Waals surface area (Å²) in [5.74, 6) is -0.133. The minimum absolute atomic E-state index is 0.133. The van der Waals surface area contributed by atoms with E-state index >= 15 is 0 Å². The fourth-order valence-electron chi connectivity index (χ4n) is 3.91. The lowest BCUT2D eigenvalue weighted by atomic mass is 9.89. The van der Waals surface area contributed by atoms with Crippen LogP contribution in [0.1, 0.15) is 54.1 Å². The van der Waals surface area contributed by atoms with Gasteiger partial charge in [-0.1, -0.05) is 54.1 Å². The normalized spacial score (nSPS) is 11.9. The van der Waals surface area contributed by atoms with E-state index in [0.29, 0.717) is 27.6 Å². The molecule has 30 heavy (non-hydrogen) atoms. The number of hydrogen-bond donors (Lipinski definition) is 0. The molecule has 3 aromatic rings. The summed E-state index contributed by atoms with van der Waals surface area (Å²) < 4.78 is 13.5. The summed E-state index contributed by atoms with van der Waals surface area (Å²) in [6.45, 7) is 9.21. The highest BCUT2D eigenvalue weighted by Crippen LogP contribution is 2.36. The molecule has 0 saturated heterocycles. The van der Waals surface area contributed by atoms with E-state index in [1.807, 2.05) is 39.0 Å². The molecule has 0 bridgehead atoms. The molecule has 0 radical (unpaired) electrons. The zero-order chi connectivity index (χ0) is 22.2. The maximum absolute atomic E-state index is 13.5. The van der Waals surface area contributed by atoms with Crippen LogP contribution in [0.15, 0.2) is 48.5 Å². The van der Waals surface area contributed by atoms with E-state index in [1.165, 1.54) is 0 Å². The molecule has 0 amide bonds. The summed E-state index contributed by atoms with van der Waals surface area (Å²) in [7, 11) is -2.90. The van der Waals surface area contributed by atoms with E-state index in [2.05, 4.69) is 0 Å². The Balaban J connectivity index is 2.21. The monoisotopic (exact) mass is 438 g/mol. The zero-order valence-corrected chi connectivity index (χ0v) is 19.5. The van der Waals surface area contributed by atoms with Crippen LogP contribution in [0.5, 0.6) is 0 Å². The van der Waals surface area contributed by atoms with Crippen molar-refractivity contribution in [3.8, 4) is 0 Å². The van der Waals surface area contributed by atoms with Gasteiger partial charge in [-0.05, 0) is 68.5 Å². The van der Waals surface area contributed by atoms with Crippen molar-refractivity contribution < 1.29 is 14.2 Å².